The second kappa shape index (κ2) is 10.2. The van der Waals surface area contributed by atoms with Gasteiger partial charge in [-0.1, -0.05) is 18.9 Å². The Morgan fingerprint density at radius 1 is 1.06 bits per heavy atom. The molecule has 1 saturated carbocycles. The van der Waals surface area contributed by atoms with Crippen LogP contribution in [-0.2, 0) is 0 Å². The molecule has 1 unspecified atom stereocenters. The fourth-order valence-electron chi connectivity index (χ4n) is 3.79. The molecule has 176 valence electrons. The molecule has 2 amide bonds. The minimum absolute atomic E-state index is 0.0255. The Labute approximate surface area is 195 Å². The number of hydrogen-bond acceptors (Lipinski definition) is 8. The lowest BCUT2D eigenvalue weighted by Gasteiger charge is -2.30. The quantitative estimate of drug-likeness (QED) is 0.357. The van der Waals surface area contributed by atoms with Crippen molar-refractivity contribution >= 4 is 34.8 Å². The van der Waals surface area contributed by atoms with E-state index in [1.165, 1.54) is 18.6 Å². The predicted octanol–water partition coefficient (Wildman–Crippen LogP) is 2.79. The lowest BCUT2D eigenvalue weighted by Crippen LogP contribution is -2.43. The zero-order valence-corrected chi connectivity index (χ0v) is 18.3. The van der Waals surface area contributed by atoms with E-state index in [9.17, 15) is 14.0 Å². The van der Waals surface area contributed by atoms with Crippen molar-refractivity contribution in [3.05, 3.63) is 66.0 Å². The largest absolute Gasteiger partial charge is 0.365 e. The molecule has 34 heavy (non-hydrogen) atoms. The summed E-state index contributed by atoms with van der Waals surface area (Å²) in [6, 6.07) is 7.37. The third-order valence-electron chi connectivity index (χ3n) is 5.54. The predicted molar refractivity (Wildman–Crippen MR) is 126 cm³/mol. The molecule has 3 aromatic rings. The Balaban J connectivity index is 1.57. The van der Waals surface area contributed by atoms with Gasteiger partial charge in [0.25, 0.3) is 11.8 Å². The molecule has 1 aliphatic carbocycles. The summed E-state index contributed by atoms with van der Waals surface area (Å²) in [6.45, 7) is 0. The summed E-state index contributed by atoms with van der Waals surface area (Å²) in [4.78, 5) is 36.7. The van der Waals surface area contributed by atoms with Crippen LogP contribution in [0.25, 0.3) is 0 Å². The number of hydrogen-bond donors (Lipinski definition) is 5. The minimum atomic E-state index is -0.845. The molecule has 10 nitrogen and oxygen atoms in total. The van der Waals surface area contributed by atoms with Crippen LogP contribution in [-0.4, -0.2) is 38.8 Å². The van der Waals surface area contributed by atoms with Crippen LogP contribution in [0, 0.1) is 5.82 Å². The summed E-state index contributed by atoms with van der Waals surface area (Å²) in [5, 5.41) is 8.71. The number of carbonyl (C=O) groups is 2. The Bertz CT molecular complexity index is 1190. The average molecular weight is 465 g/mol. The van der Waals surface area contributed by atoms with E-state index in [4.69, 9.17) is 11.5 Å². The van der Waals surface area contributed by atoms with Gasteiger partial charge in [0.2, 0.25) is 0 Å². The fraction of sp³-hybridized carbons (Fsp3) is 0.261. The molecular formula is C23H25FN8O2. The smallest absolute Gasteiger partial charge is 0.274 e. The minimum Gasteiger partial charge on any atom is -0.365 e. The molecule has 2 atom stereocenters. The first-order chi connectivity index (χ1) is 16.4. The number of nitrogens with two attached hydrogens (primary N) is 2. The van der Waals surface area contributed by atoms with Gasteiger partial charge in [0.05, 0.1) is 29.3 Å². The van der Waals surface area contributed by atoms with Crippen molar-refractivity contribution in [3.63, 3.8) is 0 Å². The van der Waals surface area contributed by atoms with Crippen molar-refractivity contribution < 1.29 is 14.0 Å². The Hall–Kier alpha value is -4.12. The van der Waals surface area contributed by atoms with Gasteiger partial charge in [-0.05, 0) is 37.1 Å². The maximum atomic E-state index is 14.7. The van der Waals surface area contributed by atoms with E-state index in [2.05, 4.69) is 30.9 Å². The van der Waals surface area contributed by atoms with Gasteiger partial charge in [-0.2, -0.15) is 0 Å². The normalized spacial score (nSPS) is 17.6. The number of nitrogens with one attached hydrogen (secondary N) is 3. The van der Waals surface area contributed by atoms with Crippen LogP contribution in [0.15, 0.2) is 48.9 Å². The first-order valence-electron chi connectivity index (χ1n) is 10.9. The highest BCUT2D eigenvalue weighted by Crippen LogP contribution is 2.27. The summed E-state index contributed by atoms with van der Waals surface area (Å²) in [5.41, 5.74) is 12.5. The van der Waals surface area contributed by atoms with Crippen molar-refractivity contribution in [1.82, 2.24) is 15.0 Å². The van der Waals surface area contributed by atoms with Gasteiger partial charge < -0.3 is 27.4 Å². The van der Waals surface area contributed by atoms with E-state index in [0.29, 0.717) is 11.4 Å². The van der Waals surface area contributed by atoms with Crippen molar-refractivity contribution in [3.8, 4) is 0 Å². The van der Waals surface area contributed by atoms with Crippen LogP contribution < -0.4 is 27.4 Å². The maximum Gasteiger partial charge on any atom is 0.274 e. The van der Waals surface area contributed by atoms with Gasteiger partial charge in [-0.15, -0.1) is 0 Å². The summed E-state index contributed by atoms with van der Waals surface area (Å²) in [5.74, 6) is -1.93. The number of primary amides is 1. The van der Waals surface area contributed by atoms with Crippen molar-refractivity contribution in [1.29, 1.82) is 0 Å². The van der Waals surface area contributed by atoms with Crippen LogP contribution in [0.4, 0.5) is 27.4 Å². The average Bonchev–Trinajstić information content (AvgIpc) is 2.83. The highest BCUT2D eigenvalue weighted by atomic mass is 19.1. The van der Waals surface area contributed by atoms with Crippen molar-refractivity contribution in [2.24, 2.45) is 11.5 Å². The van der Waals surface area contributed by atoms with E-state index < -0.39 is 17.6 Å². The van der Waals surface area contributed by atoms with E-state index in [1.54, 1.807) is 24.3 Å². The van der Waals surface area contributed by atoms with Crippen LogP contribution in [0.3, 0.4) is 0 Å². The topological polar surface area (TPSA) is 161 Å². The summed E-state index contributed by atoms with van der Waals surface area (Å²) < 4.78 is 14.7. The molecule has 3 aromatic heterocycles. The molecule has 1 fully saturated rings. The molecule has 1 aliphatic rings. The molecule has 0 aromatic carbocycles. The summed E-state index contributed by atoms with van der Waals surface area (Å²) in [7, 11) is 0. The summed E-state index contributed by atoms with van der Waals surface area (Å²) >= 11 is 0. The molecule has 4 rings (SSSR count). The highest BCUT2D eigenvalue weighted by molar-refractivity contribution is 6.03. The molecule has 11 heteroatoms. The van der Waals surface area contributed by atoms with E-state index in [1.807, 2.05) is 0 Å². The number of halogens is 1. The molecular weight excluding hydrogens is 439 g/mol. The zero-order chi connectivity index (χ0) is 24.1. The fourth-order valence-corrected chi connectivity index (χ4v) is 3.79. The van der Waals surface area contributed by atoms with Gasteiger partial charge in [-0.3, -0.25) is 19.6 Å². The molecule has 0 bridgehead atoms. The second-order valence-corrected chi connectivity index (χ2v) is 8.03. The Morgan fingerprint density at radius 3 is 2.59 bits per heavy atom. The SMILES string of the molecule is NC(=O)c1cc(F)c(NC2CCCC[C@@H]2N)nc1Nc1cncc(NC(=O)c2ccccn2)c1. The van der Waals surface area contributed by atoms with E-state index >= 15 is 0 Å². The molecule has 0 radical (unpaired) electrons. The number of anilines is 4. The monoisotopic (exact) mass is 464 g/mol. The number of amides is 2. The molecule has 3 heterocycles. The standard InChI is InChI=1S/C23H25FN8O2/c24-16-10-15(20(26)33)21(32-22(16)31-18-6-2-1-5-17(18)25)29-13-9-14(12-27-11-13)30-23(34)19-7-3-4-8-28-19/h3-4,7-12,17-18H,1-2,5-6,25H2,(H2,26,33)(H,30,34)(H2,29,31,32)/t17-,18?/m0/s1. The zero-order valence-electron chi connectivity index (χ0n) is 18.3. The van der Waals surface area contributed by atoms with Gasteiger partial charge in [0, 0.05) is 18.3 Å². The third-order valence-corrected chi connectivity index (χ3v) is 5.54. The van der Waals surface area contributed by atoms with E-state index in [0.717, 1.165) is 31.7 Å². The molecule has 0 saturated heterocycles. The Morgan fingerprint density at radius 2 is 1.85 bits per heavy atom. The first-order valence-corrected chi connectivity index (χ1v) is 10.9. The van der Waals surface area contributed by atoms with Crippen LogP contribution >= 0.6 is 0 Å². The van der Waals surface area contributed by atoms with Gasteiger partial charge in [-0.25, -0.2) is 9.37 Å². The lowest BCUT2D eigenvalue weighted by atomic mass is 9.91. The second-order valence-electron chi connectivity index (χ2n) is 8.03. The molecule has 0 aliphatic heterocycles. The third kappa shape index (κ3) is 5.44. The van der Waals surface area contributed by atoms with Gasteiger partial charge in [0.1, 0.15) is 11.5 Å². The first kappa shape index (κ1) is 23.1. The summed E-state index contributed by atoms with van der Waals surface area (Å²) in [6.07, 6.45) is 8.09. The molecule has 7 N–H and O–H groups in total. The Kier molecular flexibility index (Phi) is 6.93. The number of carbonyl (C=O) groups excluding carboxylic acids is 2. The van der Waals surface area contributed by atoms with Crippen LogP contribution in [0.5, 0.6) is 0 Å². The molecule has 0 spiro atoms. The number of nitrogens with zero attached hydrogens (tertiary/aromatic N) is 3. The van der Waals surface area contributed by atoms with Crippen LogP contribution in [0.1, 0.15) is 46.5 Å². The number of aromatic nitrogens is 3. The number of rotatable bonds is 7. The lowest BCUT2D eigenvalue weighted by molar-refractivity contribution is 0.0997. The number of pyridine rings is 3. The van der Waals surface area contributed by atoms with Gasteiger partial charge in [0.15, 0.2) is 11.6 Å². The van der Waals surface area contributed by atoms with E-state index in [-0.39, 0.29) is 35.0 Å². The van der Waals surface area contributed by atoms with Gasteiger partial charge >= 0.3 is 0 Å². The van der Waals surface area contributed by atoms with Crippen molar-refractivity contribution in [2.45, 2.75) is 37.8 Å². The maximum absolute atomic E-state index is 14.7. The van der Waals surface area contributed by atoms with Crippen LogP contribution in [0.2, 0.25) is 0 Å². The highest BCUT2D eigenvalue weighted by Gasteiger charge is 2.24. The van der Waals surface area contributed by atoms with Crippen molar-refractivity contribution in [2.75, 3.05) is 16.0 Å².